The third-order valence-electron chi connectivity index (χ3n) is 2.19. The summed E-state index contributed by atoms with van der Waals surface area (Å²) in [7, 11) is 0. The van der Waals surface area contributed by atoms with Gasteiger partial charge in [-0.05, 0) is 25.0 Å². The third-order valence-corrected chi connectivity index (χ3v) is 3.19. The van der Waals surface area contributed by atoms with Gasteiger partial charge in [0.25, 0.3) is 0 Å². The fourth-order valence-corrected chi connectivity index (χ4v) is 1.78. The lowest BCUT2D eigenvalue weighted by atomic mass is 10.2. The van der Waals surface area contributed by atoms with Gasteiger partial charge in [-0.1, -0.05) is 36.0 Å². The first-order valence-corrected chi connectivity index (χ1v) is 6.67. The second kappa shape index (κ2) is 8.05. The van der Waals surface area contributed by atoms with Crippen LogP contribution in [0.2, 0.25) is 10.0 Å². The monoisotopic (exact) mass is 280 g/mol. The highest BCUT2D eigenvalue weighted by Crippen LogP contribution is 2.26. The lowest BCUT2D eigenvalue weighted by Crippen LogP contribution is -1.97. The molecule has 0 radical (unpaired) electrons. The van der Waals surface area contributed by atoms with E-state index in [0.717, 1.165) is 37.3 Å². The Balaban J connectivity index is 2.19. The standard InChI is InChI=1S/C12H15Cl3O/c13-7-3-1-2-4-8-16-10-5-6-11(14)12(15)9-10/h5-6,9H,1-4,7-8H2. The molecule has 0 aliphatic carbocycles. The number of hydrogen-bond donors (Lipinski definition) is 0. The SMILES string of the molecule is ClCCCCCCOc1ccc(Cl)c(Cl)c1. The highest BCUT2D eigenvalue weighted by molar-refractivity contribution is 6.42. The highest BCUT2D eigenvalue weighted by Gasteiger charge is 1.99. The molecule has 0 atom stereocenters. The molecular weight excluding hydrogens is 266 g/mol. The minimum atomic E-state index is 0.529. The van der Waals surface area contributed by atoms with E-state index in [0.29, 0.717) is 16.7 Å². The molecule has 1 aromatic carbocycles. The smallest absolute Gasteiger partial charge is 0.120 e. The number of halogens is 3. The summed E-state index contributed by atoms with van der Waals surface area (Å²) in [6, 6.07) is 5.31. The van der Waals surface area contributed by atoms with Crippen molar-refractivity contribution in [1.82, 2.24) is 0 Å². The van der Waals surface area contributed by atoms with Gasteiger partial charge in [0.05, 0.1) is 16.7 Å². The lowest BCUT2D eigenvalue weighted by Gasteiger charge is -2.06. The van der Waals surface area contributed by atoms with Crippen LogP contribution in [0, 0.1) is 0 Å². The Bertz CT molecular complexity index is 315. The van der Waals surface area contributed by atoms with E-state index in [2.05, 4.69) is 0 Å². The minimum Gasteiger partial charge on any atom is -0.494 e. The first-order chi connectivity index (χ1) is 7.74. The van der Waals surface area contributed by atoms with Crippen molar-refractivity contribution in [3.05, 3.63) is 28.2 Å². The second-order valence-electron chi connectivity index (χ2n) is 3.53. The van der Waals surface area contributed by atoms with Crippen molar-refractivity contribution in [1.29, 1.82) is 0 Å². The van der Waals surface area contributed by atoms with E-state index >= 15 is 0 Å². The molecule has 1 aromatic rings. The molecule has 0 fully saturated rings. The molecule has 0 bridgehead atoms. The van der Waals surface area contributed by atoms with Crippen LogP contribution >= 0.6 is 34.8 Å². The maximum atomic E-state index is 5.87. The van der Waals surface area contributed by atoms with Crippen LogP contribution in [0.15, 0.2) is 18.2 Å². The Kier molecular flexibility index (Phi) is 7.02. The minimum absolute atomic E-state index is 0.529. The Morgan fingerprint density at radius 2 is 1.69 bits per heavy atom. The molecule has 90 valence electrons. The lowest BCUT2D eigenvalue weighted by molar-refractivity contribution is 0.305. The normalized spacial score (nSPS) is 10.4. The summed E-state index contributed by atoms with van der Waals surface area (Å²) in [5, 5.41) is 1.08. The van der Waals surface area contributed by atoms with Gasteiger partial charge in [0.1, 0.15) is 5.75 Å². The fourth-order valence-electron chi connectivity index (χ4n) is 1.31. The molecule has 0 N–H and O–H groups in total. The average molecular weight is 282 g/mol. The van der Waals surface area contributed by atoms with Crippen LogP contribution in [0.4, 0.5) is 0 Å². The predicted octanol–water partition coefficient (Wildman–Crippen LogP) is 5.17. The number of unbranched alkanes of at least 4 members (excludes halogenated alkanes) is 3. The Morgan fingerprint density at radius 3 is 2.38 bits per heavy atom. The zero-order chi connectivity index (χ0) is 11.8. The van der Waals surface area contributed by atoms with Gasteiger partial charge in [-0.25, -0.2) is 0 Å². The van der Waals surface area contributed by atoms with Crippen LogP contribution in [0.3, 0.4) is 0 Å². The molecule has 1 rings (SSSR count). The van der Waals surface area contributed by atoms with E-state index in [1.807, 2.05) is 6.07 Å². The van der Waals surface area contributed by atoms with Crippen molar-refractivity contribution < 1.29 is 4.74 Å². The van der Waals surface area contributed by atoms with Crippen molar-refractivity contribution in [3.63, 3.8) is 0 Å². The highest BCUT2D eigenvalue weighted by atomic mass is 35.5. The molecule has 16 heavy (non-hydrogen) atoms. The third kappa shape index (κ3) is 5.29. The van der Waals surface area contributed by atoms with Crippen molar-refractivity contribution in [2.75, 3.05) is 12.5 Å². The molecule has 0 saturated carbocycles. The van der Waals surface area contributed by atoms with Crippen LogP contribution in [-0.2, 0) is 0 Å². The first-order valence-electron chi connectivity index (χ1n) is 5.38. The summed E-state index contributed by atoms with van der Waals surface area (Å²) in [4.78, 5) is 0. The number of alkyl halides is 1. The van der Waals surface area contributed by atoms with Gasteiger partial charge in [-0.15, -0.1) is 11.6 Å². The summed E-state index contributed by atoms with van der Waals surface area (Å²) >= 11 is 17.3. The molecule has 0 aliphatic rings. The van der Waals surface area contributed by atoms with E-state index in [4.69, 9.17) is 39.5 Å². The number of ether oxygens (including phenoxy) is 1. The first kappa shape index (κ1) is 14.0. The van der Waals surface area contributed by atoms with Crippen LogP contribution in [0.5, 0.6) is 5.75 Å². The summed E-state index contributed by atoms with van der Waals surface area (Å²) in [6.07, 6.45) is 4.42. The number of hydrogen-bond acceptors (Lipinski definition) is 1. The number of rotatable bonds is 7. The Morgan fingerprint density at radius 1 is 0.938 bits per heavy atom. The molecule has 0 unspecified atom stereocenters. The van der Waals surface area contributed by atoms with Gasteiger partial charge in [-0.2, -0.15) is 0 Å². The topological polar surface area (TPSA) is 9.23 Å². The Hall–Kier alpha value is -0.110. The van der Waals surface area contributed by atoms with Crippen LogP contribution in [0.25, 0.3) is 0 Å². The van der Waals surface area contributed by atoms with Gasteiger partial charge in [0.2, 0.25) is 0 Å². The molecule has 0 aromatic heterocycles. The molecule has 0 spiro atoms. The van der Waals surface area contributed by atoms with Gasteiger partial charge >= 0.3 is 0 Å². The zero-order valence-electron chi connectivity index (χ0n) is 9.02. The van der Waals surface area contributed by atoms with Crippen molar-refractivity contribution >= 4 is 34.8 Å². The second-order valence-corrected chi connectivity index (χ2v) is 4.72. The quantitative estimate of drug-likeness (QED) is 0.495. The molecule has 0 aliphatic heterocycles. The molecule has 0 heterocycles. The summed E-state index contributed by atoms with van der Waals surface area (Å²) in [5.74, 6) is 1.51. The van der Waals surface area contributed by atoms with Gasteiger partial charge < -0.3 is 4.74 Å². The molecule has 0 amide bonds. The largest absolute Gasteiger partial charge is 0.494 e. The van der Waals surface area contributed by atoms with E-state index < -0.39 is 0 Å². The zero-order valence-corrected chi connectivity index (χ0v) is 11.3. The molecule has 0 saturated heterocycles. The summed E-state index contributed by atoms with van der Waals surface area (Å²) in [6.45, 7) is 0.709. The van der Waals surface area contributed by atoms with E-state index in [9.17, 15) is 0 Å². The van der Waals surface area contributed by atoms with E-state index in [1.54, 1.807) is 12.1 Å². The van der Waals surface area contributed by atoms with Gasteiger partial charge in [-0.3, -0.25) is 0 Å². The van der Waals surface area contributed by atoms with Crippen molar-refractivity contribution in [3.8, 4) is 5.75 Å². The number of benzene rings is 1. The van der Waals surface area contributed by atoms with E-state index in [-0.39, 0.29) is 0 Å². The maximum absolute atomic E-state index is 5.87. The fraction of sp³-hybridized carbons (Fsp3) is 0.500. The predicted molar refractivity (Wildman–Crippen MR) is 71.1 cm³/mol. The maximum Gasteiger partial charge on any atom is 0.120 e. The molecule has 4 heteroatoms. The molecular formula is C12H15Cl3O. The summed E-state index contributed by atoms with van der Waals surface area (Å²) < 4.78 is 5.55. The van der Waals surface area contributed by atoms with Crippen LogP contribution in [0.1, 0.15) is 25.7 Å². The Labute approximate surface area is 112 Å². The van der Waals surface area contributed by atoms with Crippen LogP contribution < -0.4 is 4.74 Å². The molecule has 1 nitrogen and oxygen atoms in total. The van der Waals surface area contributed by atoms with Crippen molar-refractivity contribution in [2.24, 2.45) is 0 Å². The van der Waals surface area contributed by atoms with E-state index in [1.165, 1.54) is 0 Å². The van der Waals surface area contributed by atoms with Gasteiger partial charge in [0, 0.05) is 11.9 Å². The van der Waals surface area contributed by atoms with Gasteiger partial charge in [0.15, 0.2) is 0 Å². The van der Waals surface area contributed by atoms with Crippen LogP contribution in [-0.4, -0.2) is 12.5 Å². The van der Waals surface area contributed by atoms with Crippen molar-refractivity contribution in [2.45, 2.75) is 25.7 Å². The summed E-state index contributed by atoms with van der Waals surface area (Å²) in [5.41, 5.74) is 0. The average Bonchev–Trinajstić information content (AvgIpc) is 2.28.